The summed E-state index contributed by atoms with van der Waals surface area (Å²) in [6, 6.07) is 16.4. The van der Waals surface area contributed by atoms with Gasteiger partial charge in [-0.15, -0.1) is 11.3 Å². The zero-order chi connectivity index (χ0) is 21.8. The lowest BCUT2D eigenvalue weighted by Gasteiger charge is -2.21. The average molecular weight is 437 g/mol. The number of anilines is 1. The minimum atomic E-state index is -0.946. The van der Waals surface area contributed by atoms with Gasteiger partial charge in [-0.3, -0.25) is 9.69 Å². The van der Waals surface area contributed by atoms with E-state index in [-0.39, 0.29) is 18.9 Å². The van der Waals surface area contributed by atoms with Gasteiger partial charge in [0.05, 0.1) is 12.1 Å². The maximum Gasteiger partial charge on any atom is 0.416 e. The van der Waals surface area contributed by atoms with Gasteiger partial charge in [-0.25, -0.2) is 9.78 Å². The van der Waals surface area contributed by atoms with Crippen molar-refractivity contribution in [2.45, 2.75) is 32.1 Å². The molecular weight excluding hydrogens is 412 g/mol. The van der Waals surface area contributed by atoms with Gasteiger partial charge >= 0.3 is 12.1 Å². The Bertz CT molecular complexity index is 1050. The molecule has 1 aliphatic rings. The normalized spacial score (nSPS) is 12.3. The lowest BCUT2D eigenvalue weighted by molar-refractivity contribution is -0.136. The van der Waals surface area contributed by atoms with Gasteiger partial charge in [-0.05, 0) is 28.7 Å². The van der Waals surface area contributed by atoms with Crippen molar-refractivity contribution in [2.24, 2.45) is 0 Å². The standard InChI is InChI=1S/C24H24N2O4S/c1-2-3-12-26(23-25-16(15-31-23)13-22(27)28)24(29)30-14-21-19-10-6-4-8-17(19)18-9-5-7-11-20(18)21/h4-11,15,21H,2-3,12-14H2,1H3,(H,27,28). The van der Waals surface area contributed by atoms with Crippen molar-refractivity contribution in [3.63, 3.8) is 0 Å². The predicted octanol–water partition coefficient (Wildman–Crippen LogP) is 5.33. The van der Waals surface area contributed by atoms with Crippen LogP contribution in [0.1, 0.15) is 42.5 Å². The van der Waals surface area contributed by atoms with Crippen LogP contribution in [0.4, 0.5) is 9.93 Å². The third-order valence-corrected chi connectivity index (χ3v) is 6.31. The number of rotatable bonds is 8. The van der Waals surface area contributed by atoms with Gasteiger partial charge in [0.15, 0.2) is 5.13 Å². The number of ether oxygens (including phenoxy) is 1. The number of nitrogens with zero attached hydrogens (tertiary/aromatic N) is 2. The summed E-state index contributed by atoms with van der Waals surface area (Å²) in [5.74, 6) is -0.957. The highest BCUT2D eigenvalue weighted by molar-refractivity contribution is 7.14. The number of carbonyl (C=O) groups excluding carboxylic acids is 1. The number of thiazole rings is 1. The largest absolute Gasteiger partial charge is 0.481 e. The van der Waals surface area contributed by atoms with Crippen molar-refractivity contribution < 1.29 is 19.4 Å². The molecular formula is C24H24N2O4S. The van der Waals surface area contributed by atoms with Crippen molar-refractivity contribution >= 4 is 28.5 Å². The van der Waals surface area contributed by atoms with E-state index < -0.39 is 12.1 Å². The van der Waals surface area contributed by atoms with Crippen LogP contribution in [0, 0.1) is 0 Å². The molecule has 0 unspecified atom stereocenters. The Hall–Kier alpha value is -3.19. The summed E-state index contributed by atoms with van der Waals surface area (Å²) in [5.41, 5.74) is 5.13. The number of carboxylic acids is 1. The molecule has 7 heteroatoms. The van der Waals surface area contributed by atoms with E-state index in [1.165, 1.54) is 27.4 Å². The first kappa shape index (κ1) is 21.1. The number of hydrogen-bond acceptors (Lipinski definition) is 5. The first-order valence-electron chi connectivity index (χ1n) is 10.4. The van der Waals surface area contributed by atoms with Crippen LogP contribution in [0.5, 0.6) is 0 Å². The molecule has 0 bridgehead atoms. The third-order valence-electron chi connectivity index (χ3n) is 5.39. The second kappa shape index (κ2) is 9.31. The van der Waals surface area contributed by atoms with Crippen molar-refractivity contribution in [1.29, 1.82) is 0 Å². The highest BCUT2D eigenvalue weighted by Crippen LogP contribution is 2.44. The van der Waals surface area contributed by atoms with Gasteiger partial charge in [0.2, 0.25) is 0 Å². The van der Waals surface area contributed by atoms with Gasteiger partial charge in [-0.2, -0.15) is 0 Å². The zero-order valence-corrected chi connectivity index (χ0v) is 18.1. The maximum atomic E-state index is 13.0. The number of aliphatic carboxylic acids is 1. The van der Waals surface area contributed by atoms with E-state index in [1.54, 1.807) is 5.38 Å². The Morgan fingerprint density at radius 1 is 1.10 bits per heavy atom. The smallest absolute Gasteiger partial charge is 0.416 e. The van der Waals surface area contributed by atoms with E-state index in [9.17, 15) is 9.59 Å². The first-order valence-corrected chi connectivity index (χ1v) is 11.2. The molecule has 0 saturated heterocycles. The molecule has 0 atom stereocenters. The van der Waals surface area contributed by atoms with E-state index in [1.807, 2.05) is 31.2 Å². The van der Waals surface area contributed by atoms with Gasteiger partial charge < -0.3 is 9.84 Å². The summed E-state index contributed by atoms with van der Waals surface area (Å²) in [5, 5.41) is 11.1. The van der Waals surface area contributed by atoms with E-state index in [2.05, 4.69) is 29.2 Å². The molecule has 4 rings (SSSR count). The molecule has 1 amide bonds. The molecule has 0 aliphatic heterocycles. The predicted molar refractivity (Wildman–Crippen MR) is 121 cm³/mol. The van der Waals surface area contributed by atoms with Gasteiger partial charge in [0.1, 0.15) is 6.61 Å². The lowest BCUT2D eigenvalue weighted by atomic mass is 9.98. The zero-order valence-electron chi connectivity index (χ0n) is 17.3. The van der Waals surface area contributed by atoms with E-state index in [4.69, 9.17) is 9.84 Å². The quantitative estimate of drug-likeness (QED) is 0.517. The van der Waals surface area contributed by atoms with Crippen LogP contribution in [0.15, 0.2) is 53.9 Å². The summed E-state index contributed by atoms with van der Waals surface area (Å²) in [4.78, 5) is 29.8. The summed E-state index contributed by atoms with van der Waals surface area (Å²) >= 11 is 1.26. The second-order valence-electron chi connectivity index (χ2n) is 7.50. The topological polar surface area (TPSA) is 79.7 Å². The molecule has 0 fully saturated rings. The highest BCUT2D eigenvalue weighted by Gasteiger charge is 2.30. The molecule has 1 heterocycles. The Kier molecular flexibility index (Phi) is 6.32. The van der Waals surface area contributed by atoms with Crippen LogP contribution in [0.3, 0.4) is 0 Å². The van der Waals surface area contributed by atoms with E-state index in [0.29, 0.717) is 17.4 Å². The Morgan fingerprint density at radius 2 is 1.74 bits per heavy atom. The number of carboxylic acid groups (broad SMARTS) is 1. The van der Waals surface area contributed by atoms with Crippen LogP contribution in [-0.2, 0) is 16.0 Å². The summed E-state index contributed by atoms with van der Waals surface area (Å²) < 4.78 is 5.78. The summed E-state index contributed by atoms with van der Waals surface area (Å²) in [6.45, 7) is 2.77. The minimum Gasteiger partial charge on any atom is -0.481 e. The van der Waals surface area contributed by atoms with Crippen molar-refractivity contribution in [3.8, 4) is 11.1 Å². The fourth-order valence-corrected chi connectivity index (χ4v) is 4.75. The van der Waals surface area contributed by atoms with Crippen LogP contribution < -0.4 is 4.90 Å². The third kappa shape index (κ3) is 4.46. The number of aromatic nitrogens is 1. The molecule has 3 aromatic rings. The van der Waals surface area contributed by atoms with Gasteiger partial charge in [0.25, 0.3) is 0 Å². The molecule has 1 aromatic heterocycles. The molecule has 0 spiro atoms. The van der Waals surface area contributed by atoms with E-state index in [0.717, 1.165) is 24.0 Å². The van der Waals surface area contributed by atoms with E-state index >= 15 is 0 Å². The Labute approximate surface area is 185 Å². The van der Waals surface area contributed by atoms with Crippen LogP contribution >= 0.6 is 11.3 Å². The number of amides is 1. The molecule has 6 nitrogen and oxygen atoms in total. The van der Waals surface area contributed by atoms with Gasteiger partial charge in [-0.1, -0.05) is 61.9 Å². The number of benzene rings is 2. The lowest BCUT2D eigenvalue weighted by Crippen LogP contribution is -2.33. The molecule has 1 N–H and O–H groups in total. The fraction of sp³-hybridized carbons (Fsp3) is 0.292. The summed E-state index contributed by atoms with van der Waals surface area (Å²) in [7, 11) is 0. The van der Waals surface area contributed by atoms with Crippen molar-refractivity contribution in [1.82, 2.24) is 4.98 Å². The second-order valence-corrected chi connectivity index (χ2v) is 8.34. The molecule has 2 aromatic carbocycles. The van der Waals surface area contributed by atoms with Crippen LogP contribution in [0.2, 0.25) is 0 Å². The Balaban J connectivity index is 1.52. The Morgan fingerprint density at radius 3 is 2.35 bits per heavy atom. The fourth-order valence-electron chi connectivity index (χ4n) is 3.91. The van der Waals surface area contributed by atoms with Crippen molar-refractivity contribution in [2.75, 3.05) is 18.1 Å². The van der Waals surface area contributed by atoms with Gasteiger partial charge in [0, 0.05) is 17.8 Å². The van der Waals surface area contributed by atoms with Crippen LogP contribution in [-0.4, -0.2) is 35.3 Å². The number of carbonyl (C=O) groups is 2. The highest BCUT2D eigenvalue weighted by atomic mass is 32.1. The number of unbranched alkanes of at least 4 members (excludes halogenated alkanes) is 1. The molecule has 0 saturated carbocycles. The number of hydrogen-bond donors (Lipinski definition) is 1. The minimum absolute atomic E-state index is 0.0109. The SMILES string of the molecule is CCCCN(C(=O)OCC1c2ccccc2-c2ccccc21)c1nc(CC(=O)O)cs1. The number of fused-ring (bicyclic) bond motifs is 3. The van der Waals surface area contributed by atoms with Crippen LogP contribution in [0.25, 0.3) is 11.1 Å². The molecule has 1 aliphatic carbocycles. The summed E-state index contributed by atoms with van der Waals surface area (Å²) in [6.07, 6.45) is 1.10. The monoisotopic (exact) mass is 436 g/mol. The average Bonchev–Trinajstić information content (AvgIpc) is 3.35. The van der Waals surface area contributed by atoms with Crippen molar-refractivity contribution in [3.05, 3.63) is 70.7 Å². The first-order chi connectivity index (χ1) is 15.1. The molecule has 0 radical (unpaired) electrons. The maximum absolute atomic E-state index is 13.0. The molecule has 160 valence electrons. The molecule has 31 heavy (non-hydrogen) atoms.